The van der Waals surface area contributed by atoms with Crippen LogP contribution in [0.5, 0.6) is 0 Å². The van der Waals surface area contributed by atoms with E-state index in [0.717, 1.165) is 17.4 Å². The van der Waals surface area contributed by atoms with Gasteiger partial charge in [0.2, 0.25) is 5.13 Å². The summed E-state index contributed by atoms with van der Waals surface area (Å²) in [6.45, 7) is 2.89. The minimum absolute atomic E-state index is 0.687. The lowest BCUT2D eigenvalue weighted by Gasteiger charge is -1.91. The standard InChI is InChI=1S/C8H11N5S/c1-3-9-8-10-7(12-14-8)6-4-5-13(2)11-6/h4-5H,3H2,1-2H3,(H,9,10,12). The molecule has 0 saturated heterocycles. The van der Waals surface area contributed by atoms with Crippen LogP contribution in [0.4, 0.5) is 5.13 Å². The minimum Gasteiger partial charge on any atom is -0.361 e. The average Bonchev–Trinajstić information content (AvgIpc) is 2.74. The first-order valence-corrected chi connectivity index (χ1v) is 5.14. The van der Waals surface area contributed by atoms with Gasteiger partial charge in [0.15, 0.2) is 5.82 Å². The van der Waals surface area contributed by atoms with Crippen LogP contribution in [0.1, 0.15) is 6.92 Å². The SMILES string of the molecule is CCNc1nc(-c2ccn(C)n2)ns1. The molecule has 0 saturated carbocycles. The van der Waals surface area contributed by atoms with E-state index in [1.807, 2.05) is 26.2 Å². The van der Waals surface area contributed by atoms with Gasteiger partial charge in [0.25, 0.3) is 0 Å². The fourth-order valence-corrected chi connectivity index (χ4v) is 1.73. The maximum Gasteiger partial charge on any atom is 0.202 e. The van der Waals surface area contributed by atoms with Gasteiger partial charge in [0, 0.05) is 31.3 Å². The predicted molar refractivity (Wildman–Crippen MR) is 56.3 cm³/mol. The molecule has 0 spiro atoms. The second-order valence-electron chi connectivity index (χ2n) is 2.83. The summed E-state index contributed by atoms with van der Waals surface area (Å²) in [6.07, 6.45) is 1.88. The Kier molecular flexibility index (Phi) is 2.45. The Morgan fingerprint density at radius 3 is 3.07 bits per heavy atom. The highest BCUT2D eigenvalue weighted by atomic mass is 32.1. The van der Waals surface area contributed by atoms with E-state index in [0.29, 0.717) is 5.82 Å². The fourth-order valence-electron chi connectivity index (χ4n) is 1.08. The Hall–Kier alpha value is -1.43. The maximum atomic E-state index is 4.30. The van der Waals surface area contributed by atoms with Gasteiger partial charge in [-0.05, 0) is 13.0 Å². The summed E-state index contributed by atoms with van der Waals surface area (Å²) in [5.41, 5.74) is 0.813. The summed E-state index contributed by atoms with van der Waals surface area (Å²) in [7, 11) is 1.88. The summed E-state index contributed by atoms with van der Waals surface area (Å²) >= 11 is 1.36. The average molecular weight is 209 g/mol. The number of hydrogen-bond acceptors (Lipinski definition) is 5. The lowest BCUT2D eigenvalue weighted by molar-refractivity contribution is 0.769. The highest BCUT2D eigenvalue weighted by Gasteiger charge is 2.07. The monoisotopic (exact) mass is 209 g/mol. The van der Waals surface area contributed by atoms with Gasteiger partial charge in [0.05, 0.1) is 0 Å². The molecule has 2 heterocycles. The third kappa shape index (κ3) is 1.74. The Morgan fingerprint density at radius 2 is 2.43 bits per heavy atom. The van der Waals surface area contributed by atoms with Crippen molar-refractivity contribution in [3.63, 3.8) is 0 Å². The first-order chi connectivity index (χ1) is 6.79. The molecule has 6 heteroatoms. The molecule has 0 bridgehead atoms. The van der Waals surface area contributed by atoms with E-state index in [2.05, 4.69) is 19.8 Å². The van der Waals surface area contributed by atoms with Crippen LogP contribution < -0.4 is 5.32 Å². The first kappa shape index (κ1) is 9.14. The van der Waals surface area contributed by atoms with Crippen molar-refractivity contribution in [1.29, 1.82) is 0 Å². The predicted octanol–water partition coefficient (Wildman–Crippen LogP) is 1.37. The third-order valence-electron chi connectivity index (χ3n) is 1.70. The number of rotatable bonds is 3. The van der Waals surface area contributed by atoms with Crippen LogP contribution in [-0.2, 0) is 7.05 Å². The van der Waals surface area contributed by atoms with Gasteiger partial charge in [0.1, 0.15) is 5.69 Å². The Balaban J connectivity index is 2.24. The van der Waals surface area contributed by atoms with Crippen LogP contribution in [0, 0.1) is 0 Å². The number of anilines is 1. The van der Waals surface area contributed by atoms with Gasteiger partial charge in [-0.25, -0.2) is 0 Å². The van der Waals surface area contributed by atoms with Crippen molar-refractivity contribution >= 4 is 16.7 Å². The van der Waals surface area contributed by atoms with Crippen molar-refractivity contribution in [1.82, 2.24) is 19.1 Å². The zero-order valence-corrected chi connectivity index (χ0v) is 8.88. The Morgan fingerprint density at radius 1 is 1.57 bits per heavy atom. The number of hydrogen-bond donors (Lipinski definition) is 1. The normalized spacial score (nSPS) is 10.4. The molecule has 0 atom stereocenters. The topological polar surface area (TPSA) is 55.6 Å². The van der Waals surface area contributed by atoms with Crippen molar-refractivity contribution in [2.45, 2.75) is 6.92 Å². The van der Waals surface area contributed by atoms with E-state index in [1.54, 1.807) is 4.68 Å². The Bertz CT molecular complexity index is 419. The molecule has 74 valence electrons. The van der Waals surface area contributed by atoms with Gasteiger partial charge < -0.3 is 5.32 Å². The molecule has 2 rings (SSSR count). The molecule has 0 aliphatic rings. The molecular weight excluding hydrogens is 198 g/mol. The number of nitrogens with zero attached hydrogens (tertiary/aromatic N) is 4. The zero-order valence-electron chi connectivity index (χ0n) is 8.06. The van der Waals surface area contributed by atoms with E-state index in [9.17, 15) is 0 Å². The summed E-state index contributed by atoms with van der Waals surface area (Å²) in [4.78, 5) is 4.30. The number of nitrogens with one attached hydrogen (secondary N) is 1. The molecule has 0 aliphatic carbocycles. The van der Waals surface area contributed by atoms with Crippen molar-refractivity contribution in [3.05, 3.63) is 12.3 Å². The highest BCUT2D eigenvalue weighted by Crippen LogP contribution is 2.18. The molecule has 0 fully saturated rings. The zero-order chi connectivity index (χ0) is 9.97. The van der Waals surface area contributed by atoms with Gasteiger partial charge >= 0.3 is 0 Å². The highest BCUT2D eigenvalue weighted by molar-refractivity contribution is 7.09. The lowest BCUT2D eigenvalue weighted by Crippen LogP contribution is -1.95. The van der Waals surface area contributed by atoms with E-state index in [1.165, 1.54) is 11.5 Å². The van der Waals surface area contributed by atoms with Gasteiger partial charge in [-0.2, -0.15) is 14.5 Å². The van der Waals surface area contributed by atoms with Crippen LogP contribution in [0.2, 0.25) is 0 Å². The number of aromatic nitrogens is 4. The van der Waals surface area contributed by atoms with Crippen LogP contribution in [0.3, 0.4) is 0 Å². The third-order valence-corrected chi connectivity index (χ3v) is 2.37. The van der Waals surface area contributed by atoms with Gasteiger partial charge in [-0.15, -0.1) is 0 Å². The summed E-state index contributed by atoms with van der Waals surface area (Å²) in [6, 6.07) is 1.90. The molecule has 0 radical (unpaired) electrons. The molecule has 0 aliphatic heterocycles. The lowest BCUT2D eigenvalue weighted by atomic mass is 10.4. The van der Waals surface area contributed by atoms with Crippen LogP contribution in [0.15, 0.2) is 12.3 Å². The molecule has 0 amide bonds. The van der Waals surface area contributed by atoms with Crippen LogP contribution in [-0.4, -0.2) is 25.7 Å². The second-order valence-corrected chi connectivity index (χ2v) is 3.58. The van der Waals surface area contributed by atoms with Gasteiger partial charge in [-0.1, -0.05) is 0 Å². The molecule has 5 nitrogen and oxygen atoms in total. The molecule has 0 aromatic carbocycles. The summed E-state index contributed by atoms with van der Waals surface area (Å²) in [5.74, 6) is 0.687. The maximum absolute atomic E-state index is 4.30. The number of aryl methyl sites for hydroxylation is 1. The molecule has 2 aromatic heterocycles. The smallest absolute Gasteiger partial charge is 0.202 e. The van der Waals surface area contributed by atoms with Crippen LogP contribution in [0.25, 0.3) is 11.5 Å². The first-order valence-electron chi connectivity index (χ1n) is 4.37. The Labute approximate surface area is 86.0 Å². The van der Waals surface area contributed by atoms with Crippen molar-refractivity contribution in [3.8, 4) is 11.5 Å². The minimum atomic E-state index is 0.687. The molecule has 14 heavy (non-hydrogen) atoms. The van der Waals surface area contributed by atoms with E-state index in [-0.39, 0.29) is 0 Å². The second kappa shape index (κ2) is 3.75. The fraction of sp³-hybridized carbons (Fsp3) is 0.375. The quantitative estimate of drug-likeness (QED) is 0.829. The molecule has 1 N–H and O–H groups in total. The largest absolute Gasteiger partial charge is 0.361 e. The van der Waals surface area contributed by atoms with E-state index in [4.69, 9.17) is 0 Å². The van der Waals surface area contributed by atoms with E-state index >= 15 is 0 Å². The molecule has 2 aromatic rings. The van der Waals surface area contributed by atoms with Gasteiger partial charge in [-0.3, -0.25) is 4.68 Å². The molecule has 0 unspecified atom stereocenters. The van der Waals surface area contributed by atoms with E-state index < -0.39 is 0 Å². The van der Waals surface area contributed by atoms with Crippen molar-refractivity contribution in [2.24, 2.45) is 7.05 Å². The van der Waals surface area contributed by atoms with Crippen LogP contribution >= 0.6 is 11.5 Å². The molecular formula is C8H11N5S. The van der Waals surface area contributed by atoms with Crippen molar-refractivity contribution in [2.75, 3.05) is 11.9 Å². The van der Waals surface area contributed by atoms with Crippen molar-refractivity contribution < 1.29 is 0 Å². The summed E-state index contributed by atoms with van der Waals surface area (Å²) < 4.78 is 5.95. The summed E-state index contributed by atoms with van der Waals surface area (Å²) in [5, 5.41) is 8.18.